The number of anilines is 1. The number of hydrogen-bond donors (Lipinski definition) is 1. The Bertz CT molecular complexity index is 734. The average Bonchev–Trinajstić information content (AvgIpc) is 2.43. The number of non-ortho nitro benzene ring substituents is 1. The first-order valence-electron chi connectivity index (χ1n) is 5.90. The molecule has 0 spiro atoms. The Kier molecular flexibility index (Phi) is 4.32. The fraction of sp³-hybridized carbons (Fsp3) is 0.0714. The quantitative estimate of drug-likeness (QED) is 0.668. The minimum absolute atomic E-state index is 0.143. The maximum atomic E-state index is 13.6. The van der Waals surface area contributed by atoms with Crippen LogP contribution >= 0.6 is 15.9 Å². The zero-order chi connectivity index (χ0) is 15.6. The highest BCUT2D eigenvalue weighted by atomic mass is 79.9. The second-order valence-corrected chi connectivity index (χ2v) is 5.25. The monoisotopic (exact) mass is 352 g/mol. The topological polar surface area (TPSA) is 72.2 Å². The maximum Gasteiger partial charge on any atom is 0.271 e. The van der Waals surface area contributed by atoms with E-state index < -0.39 is 16.6 Å². The van der Waals surface area contributed by atoms with Crippen LogP contribution in [0.1, 0.15) is 15.9 Å². The van der Waals surface area contributed by atoms with E-state index in [1.807, 2.05) is 0 Å². The van der Waals surface area contributed by atoms with Gasteiger partial charge in [0.25, 0.3) is 11.6 Å². The fourth-order valence-electron chi connectivity index (χ4n) is 1.72. The van der Waals surface area contributed by atoms with Crippen molar-refractivity contribution in [2.75, 3.05) is 5.32 Å². The summed E-state index contributed by atoms with van der Waals surface area (Å²) in [6, 6.07) is 8.08. The molecule has 108 valence electrons. The van der Waals surface area contributed by atoms with Crippen LogP contribution in [0.15, 0.2) is 40.9 Å². The third-order valence-electron chi connectivity index (χ3n) is 2.85. The lowest BCUT2D eigenvalue weighted by molar-refractivity contribution is -0.384. The van der Waals surface area contributed by atoms with Crippen molar-refractivity contribution < 1.29 is 14.1 Å². The van der Waals surface area contributed by atoms with E-state index >= 15 is 0 Å². The number of nitro benzene ring substituents is 1. The Morgan fingerprint density at radius 1 is 1.29 bits per heavy atom. The van der Waals surface area contributed by atoms with Crippen LogP contribution in [0.5, 0.6) is 0 Å². The number of aryl methyl sites for hydroxylation is 1. The Hall–Kier alpha value is -2.28. The predicted molar refractivity (Wildman–Crippen MR) is 79.9 cm³/mol. The molecule has 0 bridgehead atoms. The van der Waals surface area contributed by atoms with Crippen LogP contribution in [0.2, 0.25) is 0 Å². The average molecular weight is 353 g/mol. The summed E-state index contributed by atoms with van der Waals surface area (Å²) in [4.78, 5) is 22.3. The lowest BCUT2D eigenvalue weighted by Crippen LogP contribution is -2.14. The van der Waals surface area contributed by atoms with Crippen LogP contribution in [0, 0.1) is 22.9 Å². The van der Waals surface area contributed by atoms with Crippen LogP contribution in [-0.4, -0.2) is 10.8 Å². The van der Waals surface area contributed by atoms with E-state index in [1.165, 1.54) is 36.4 Å². The van der Waals surface area contributed by atoms with Crippen molar-refractivity contribution in [3.8, 4) is 0 Å². The van der Waals surface area contributed by atoms with Gasteiger partial charge < -0.3 is 5.32 Å². The summed E-state index contributed by atoms with van der Waals surface area (Å²) in [5.74, 6) is -1.34. The summed E-state index contributed by atoms with van der Waals surface area (Å²) >= 11 is 3.16. The Morgan fingerprint density at radius 3 is 2.67 bits per heavy atom. The summed E-state index contributed by atoms with van der Waals surface area (Å²) in [5, 5.41) is 13.2. The molecule has 1 N–H and O–H groups in total. The van der Waals surface area contributed by atoms with E-state index in [9.17, 15) is 19.3 Å². The molecule has 0 heterocycles. The van der Waals surface area contributed by atoms with Crippen LogP contribution in [0.25, 0.3) is 0 Å². The van der Waals surface area contributed by atoms with Crippen molar-refractivity contribution in [3.05, 3.63) is 67.9 Å². The molecule has 0 unspecified atom stereocenters. The smallest absolute Gasteiger partial charge is 0.271 e. The number of nitrogens with one attached hydrogen (secondary N) is 1. The van der Waals surface area contributed by atoms with Crippen molar-refractivity contribution in [2.24, 2.45) is 0 Å². The highest BCUT2D eigenvalue weighted by Crippen LogP contribution is 2.23. The van der Waals surface area contributed by atoms with E-state index in [1.54, 1.807) is 6.92 Å². The third-order valence-corrected chi connectivity index (χ3v) is 3.35. The lowest BCUT2D eigenvalue weighted by Gasteiger charge is -2.09. The molecule has 0 atom stereocenters. The number of rotatable bonds is 3. The van der Waals surface area contributed by atoms with E-state index in [2.05, 4.69) is 21.2 Å². The van der Waals surface area contributed by atoms with Crippen LogP contribution in [-0.2, 0) is 0 Å². The molecular weight excluding hydrogens is 343 g/mol. The van der Waals surface area contributed by atoms with E-state index in [4.69, 9.17) is 0 Å². The van der Waals surface area contributed by atoms with Gasteiger partial charge in [0.2, 0.25) is 0 Å². The molecular formula is C14H10BrFN2O3. The van der Waals surface area contributed by atoms with Crippen molar-refractivity contribution in [1.82, 2.24) is 0 Å². The molecule has 2 aromatic rings. The molecule has 2 rings (SSSR count). The van der Waals surface area contributed by atoms with Crippen molar-refractivity contribution in [1.29, 1.82) is 0 Å². The summed E-state index contributed by atoms with van der Waals surface area (Å²) in [6.45, 7) is 1.69. The minimum atomic E-state index is -0.669. The Morgan fingerprint density at radius 2 is 2.00 bits per heavy atom. The molecule has 1 amide bonds. The van der Waals surface area contributed by atoms with Crippen molar-refractivity contribution in [3.63, 3.8) is 0 Å². The van der Waals surface area contributed by atoms with Gasteiger partial charge in [0, 0.05) is 16.6 Å². The zero-order valence-corrected chi connectivity index (χ0v) is 12.5. The second kappa shape index (κ2) is 6.01. The minimum Gasteiger partial charge on any atom is -0.321 e. The fourth-order valence-corrected chi connectivity index (χ4v) is 2.08. The van der Waals surface area contributed by atoms with E-state index in [0.717, 1.165) is 0 Å². The molecule has 0 radical (unpaired) electrons. The van der Waals surface area contributed by atoms with E-state index in [0.29, 0.717) is 10.0 Å². The summed E-state index contributed by atoms with van der Waals surface area (Å²) in [7, 11) is 0. The second-order valence-electron chi connectivity index (χ2n) is 4.33. The van der Waals surface area contributed by atoms with E-state index in [-0.39, 0.29) is 16.9 Å². The number of nitrogens with zero attached hydrogens (tertiary/aromatic N) is 1. The first-order valence-corrected chi connectivity index (χ1v) is 6.69. The molecule has 0 saturated heterocycles. The molecule has 21 heavy (non-hydrogen) atoms. The number of carbonyl (C=O) groups excluding carboxylic acids is 1. The molecule has 0 saturated carbocycles. The largest absolute Gasteiger partial charge is 0.321 e. The highest BCUT2D eigenvalue weighted by Gasteiger charge is 2.15. The van der Waals surface area contributed by atoms with Gasteiger partial charge in [-0.3, -0.25) is 14.9 Å². The molecule has 2 aromatic carbocycles. The predicted octanol–water partition coefficient (Wildman–Crippen LogP) is 4.06. The Labute approximate surface area is 128 Å². The maximum absolute atomic E-state index is 13.6. The number of benzene rings is 2. The first kappa shape index (κ1) is 15.1. The van der Waals surface area contributed by atoms with Gasteiger partial charge in [-0.25, -0.2) is 4.39 Å². The van der Waals surface area contributed by atoms with Gasteiger partial charge in [-0.15, -0.1) is 0 Å². The van der Waals surface area contributed by atoms with Gasteiger partial charge in [-0.1, -0.05) is 22.0 Å². The van der Waals surface area contributed by atoms with Crippen LogP contribution < -0.4 is 5.32 Å². The number of hydrogen-bond acceptors (Lipinski definition) is 3. The number of carbonyl (C=O) groups is 1. The summed E-state index contributed by atoms with van der Waals surface area (Å²) in [5.41, 5.74) is 0.624. The van der Waals surface area contributed by atoms with Crippen molar-refractivity contribution >= 4 is 33.2 Å². The number of halogens is 2. The molecule has 0 fully saturated rings. The summed E-state index contributed by atoms with van der Waals surface area (Å²) < 4.78 is 14.2. The van der Waals surface area contributed by atoms with Gasteiger partial charge in [0.05, 0.1) is 16.2 Å². The molecule has 5 nitrogen and oxygen atoms in total. The Balaban J connectivity index is 2.33. The van der Waals surface area contributed by atoms with Crippen LogP contribution in [0.4, 0.5) is 15.8 Å². The summed E-state index contributed by atoms with van der Waals surface area (Å²) in [6.07, 6.45) is 0. The van der Waals surface area contributed by atoms with Gasteiger partial charge in [-0.2, -0.15) is 0 Å². The molecule has 0 aliphatic rings. The SMILES string of the molecule is Cc1ccc([N+](=O)[O-])cc1NC(=O)c1cc(Br)ccc1F. The van der Waals surface area contributed by atoms with Gasteiger partial charge >= 0.3 is 0 Å². The first-order chi connectivity index (χ1) is 9.88. The van der Waals surface area contributed by atoms with Crippen LogP contribution in [0.3, 0.4) is 0 Å². The number of nitro groups is 1. The molecule has 0 aliphatic carbocycles. The molecule has 0 aromatic heterocycles. The lowest BCUT2D eigenvalue weighted by atomic mass is 10.1. The molecule has 7 heteroatoms. The van der Waals surface area contributed by atoms with Gasteiger partial charge in [0.15, 0.2) is 0 Å². The van der Waals surface area contributed by atoms with Gasteiger partial charge in [0.1, 0.15) is 5.82 Å². The number of amides is 1. The highest BCUT2D eigenvalue weighted by molar-refractivity contribution is 9.10. The third kappa shape index (κ3) is 3.43. The zero-order valence-electron chi connectivity index (χ0n) is 10.9. The standard InChI is InChI=1S/C14H10BrFN2O3/c1-8-2-4-10(18(20)21)7-13(8)17-14(19)11-6-9(15)3-5-12(11)16/h2-7H,1H3,(H,17,19). The normalized spacial score (nSPS) is 10.2. The molecule has 0 aliphatic heterocycles. The van der Waals surface area contributed by atoms with Crippen molar-refractivity contribution in [2.45, 2.75) is 6.92 Å². The van der Waals surface area contributed by atoms with Gasteiger partial charge in [-0.05, 0) is 30.7 Å².